The monoisotopic (exact) mass is 267 g/mol. The van der Waals surface area contributed by atoms with E-state index in [2.05, 4.69) is 19.2 Å². The molecule has 0 aliphatic rings. The summed E-state index contributed by atoms with van der Waals surface area (Å²) in [5.41, 5.74) is 0.748. The summed E-state index contributed by atoms with van der Waals surface area (Å²) in [5.74, 6) is 1.13. The number of furan rings is 1. The molecule has 2 N–H and O–H groups in total. The summed E-state index contributed by atoms with van der Waals surface area (Å²) in [6.07, 6.45) is -0.630. The van der Waals surface area contributed by atoms with Crippen molar-refractivity contribution in [1.82, 2.24) is 5.32 Å². The Morgan fingerprint density at radius 1 is 1.28 bits per heavy atom. The maximum Gasteiger partial charge on any atom is 0.135 e. The third-order valence-electron chi connectivity index (χ3n) is 2.72. The van der Waals surface area contributed by atoms with Gasteiger partial charge in [-0.3, -0.25) is 0 Å². The fourth-order valence-corrected chi connectivity index (χ4v) is 1.99. The lowest BCUT2D eigenvalue weighted by atomic mass is 10.2. The molecule has 2 rings (SSSR count). The molecule has 18 heavy (non-hydrogen) atoms. The summed E-state index contributed by atoms with van der Waals surface area (Å²) < 4.78 is 5.59. The molecule has 1 aromatic carbocycles. The van der Waals surface area contributed by atoms with Gasteiger partial charge in [0.1, 0.15) is 17.4 Å². The van der Waals surface area contributed by atoms with Gasteiger partial charge in [-0.05, 0) is 36.7 Å². The van der Waals surface area contributed by atoms with Crippen molar-refractivity contribution < 1.29 is 9.52 Å². The molecule has 0 aliphatic heterocycles. The van der Waals surface area contributed by atoms with Crippen molar-refractivity contribution in [2.24, 2.45) is 5.92 Å². The summed E-state index contributed by atoms with van der Waals surface area (Å²) in [6, 6.07) is 7.26. The third kappa shape index (κ3) is 3.25. The van der Waals surface area contributed by atoms with Gasteiger partial charge in [0.2, 0.25) is 0 Å². The average Bonchev–Trinajstić information content (AvgIpc) is 2.71. The first-order valence-electron chi connectivity index (χ1n) is 6.14. The smallest absolute Gasteiger partial charge is 0.135 e. The van der Waals surface area contributed by atoms with E-state index in [9.17, 15) is 5.11 Å². The minimum absolute atomic E-state index is 0.492. The molecule has 0 radical (unpaired) electrons. The van der Waals surface area contributed by atoms with Crippen LogP contribution in [0.3, 0.4) is 0 Å². The second kappa shape index (κ2) is 5.74. The molecule has 1 atom stereocenters. The van der Waals surface area contributed by atoms with Crippen molar-refractivity contribution in [2.75, 3.05) is 13.1 Å². The number of hydrogen-bond donors (Lipinski definition) is 2. The molecule has 0 saturated heterocycles. The molecule has 0 aliphatic carbocycles. The molecule has 0 amide bonds. The lowest BCUT2D eigenvalue weighted by Gasteiger charge is -2.10. The molecular formula is C14H18ClNO2. The van der Waals surface area contributed by atoms with Gasteiger partial charge in [-0.2, -0.15) is 0 Å². The van der Waals surface area contributed by atoms with Gasteiger partial charge >= 0.3 is 0 Å². The minimum Gasteiger partial charge on any atom is -0.458 e. The minimum atomic E-state index is -0.630. The van der Waals surface area contributed by atoms with E-state index in [1.807, 2.05) is 18.2 Å². The molecule has 4 heteroatoms. The first kappa shape index (κ1) is 13.4. The lowest BCUT2D eigenvalue weighted by Crippen LogP contribution is -2.25. The molecule has 0 spiro atoms. The van der Waals surface area contributed by atoms with Crippen molar-refractivity contribution >= 4 is 22.6 Å². The van der Waals surface area contributed by atoms with Crippen molar-refractivity contribution in [3.63, 3.8) is 0 Å². The van der Waals surface area contributed by atoms with Crippen LogP contribution in [0.25, 0.3) is 11.0 Å². The van der Waals surface area contributed by atoms with E-state index in [0.29, 0.717) is 23.2 Å². The zero-order valence-electron chi connectivity index (χ0n) is 10.6. The highest BCUT2D eigenvalue weighted by atomic mass is 35.5. The van der Waals surface area contributed by atoms with Crippen LogP contribution < -0.4 is 5.32 Å². The molecule has 98 valence electrons. The number of aliphatic hydroxyl groups excluding tert-OH is 1. The fourth-order valence-electron chi connectivity index (χ4n) is 1.81. The third-order valence-corrected chi connectivity index (χ3v) is 2.95. The van der Waals surface area contributed by atoms with E-state index in [0.717, 1.165) is 17.5 Å². The van der Waals surface area contributed by atoms with Crippen LogP contribution >= 0.6 is 11.6 Å². The molecule has 0 bridgehead atoms. The van der Waals surface area contributed by atoms with Crippen LogP contribution in [0.1, 0.15) is 25.7 Å². The average molecular weight is 268 g/mol. The topological polar surface area (TPSA) is 45.4 Å². The zero-order chi connectivity index (χ0) is 13.1. The summed E-state index contributed by atoms with van der Waals surface area (Å²) in [7, 11) is 0. The van der Waals surface area contributed by atoms with E-state index < -0.39 is 6.10 Å². The Kier molecular flexibility index (Phi) is 4.27. The van der Waals surface area contributed by atoms with Crippen molar-refractivity contribution in [1.29, 1.82) is 0 Å². The molecule has 0 fully saturated rings. The van der Waals surface area contributed by atoms with Crippen molar-refractivity contribution in [2.45, 2.75) is 20.0 Å². The van der Waals surface area contributed by atoms with E-state index in [4.69, 9.17) is 16.0 Å². The van der Waals surface area contributed by atoms with Gasteiger partial charge in [0.15, 0.2) is 0 Å². The molecule has 1 unspecified atom stereocenters. The normalized spacial score (nSPS) is 13.4. The number of rotatable bonds is 5. The van der Waals surface area contributed by atoms with Gasteiger partial charge in [0.05, 0.1) is 0 Å². The number of hydrogen-bond acceptors (Lipinski definition) is 3. The Hall–Kier alpha value is -1.03. The van der Waals surface area contributed by atoms with Crippen LogP contribution in [0.4, 0.5) is 0 Å². The maximum absolute atomic E-state index is 10.0. The predicted molar refractivity (Wildman–Crippen MR) is 73.9 cm³/mol. The van der Waals surface area contributed by atoms with E-state index in [1.54, 1.807) is 6.07 Å². The highest BCUT2D eigenvalue weighted by Gasteiger charge is 2.13. The summed E-state index contributed by atoms with van der Waals surface area (Å²) >= 11 is 5.91. The van der Waals surface area contributed by atoms with Crippen molar-refractivity contribution in [3.8, 4) is 0 Å². The lowest BCUT2D eigenvalue weighted by molar-refractivity contribution is 0.149. The first-order chi connectivity index (χ1) is 8.56. The van der Waals surface area contributed by atoms with Gasteiger partial charge < -0.3 is 14.8 Å². The highest BCUT2D eigenvalue weighted by molar-refractivity contribution is 6.31. The number of halogens is 1. The van der Waals surface area contributed by atoms with Gasteiger partial charge in [-0.15, -0.1) is 0 Å². The molecule has 1 heterocycles. The number of nitrogens with one attached hydrogen (secondary N) is 1. The summed E-state index contributed by atoms with van der Waals surface area (Å²) in [4.78, 5) is 0. The molecule has 2 aromatic rings. The summed E-state index contributed by atoms with van der Waals surface area (Å²) in [6.45, 7) is 5.62. The van der Waals surface area contributed by atoms with E-state index >= 15 is 0 Å². The molecular weight excluding hydrogens is 250 g/mol. The van der Waals surface area contributed by atoms with Crippen LogP contribution in [-0.4, -0.2) is 18.2 Å². The van der Waals surface area contributed by atoms with Gasteiger partial charge in [-0.25, -0.2) is 0 Å². The van der Waals surface area contributed by atoms with Crippen LogP contribution in [0.5, 0.6) is 0 Å². The van der Waals surface area contributed by atoms with Gasteiger partial charge in [0, 0.05) is 17.0 Å². The predicted octanol–water partition coefficient (Wildman–Crippen LogP) is 3.37. The summed E-state index contributed by atoms with van der Waals surface area (Å²) in [5, 5.41) is 14.8. The standard InChI is InChI=1S/C14H18ClNO2/c1-9(2)7-16-8-12(17)14-6-10-5-11(15)3-4-13(10)18-14/h3-6,9,12,16-17H,7-8H2,1-2H3. The Balaban J connectivity index is 2.06. The largest absolute Gasteiger partial charge is 0.458 e. The number of aliphatic hydroxyl groups is 1. The van der Waals surface area contributed by atoms with Crippen molar-refractivity contribution in [3.05, 3.63) is 35.0 Å². The number of fused-ring (bicyclic) bond motifs is 1. The highest BCUT2D eigenvalue weighted by Crippen LogP contribution is 2.26. The van der Waals surface area contributed by atoms with Crippen LogP contribution in [0.15, 0.2) is 28.7 Å². The van der Waals surface area contributed by atoms with E-state index in [1.165, 1.54) is 0 Å². The Bertz CT molecular complexity index is 521. The Labute approximate surface area is 112 Å². The molecule has 3 nitrogen and oxygen atoms in total. The second-order valence-electron chi connectivity index (χ2n) is 4.90. The SMILES string of the molecule is CC(C)CNCC(O)c1cc2cc(Cl)ccc2o1. The molecule has 1 aromatic heterocycles. The number of benzene rings is 1. The zero-order valence-corrected chi connectivity index (χ0v) is 11.4. The van der Waals surface area contributed by atoms with Gasteiger partial charge in [-0.1, -0.05) is 25.4 Å². The van der Waals surface area contributed by atoms with Crippen LogP contribution in [0, 0.1) is 5.92 Å². The Morgan fingerprint density at radius 3 is 2.78 bits per heavy atom. The second-order valence-corrected chi connectivity index (χ2v) is 5.34. The quantitative estimate of drug-likeness (QED) is 0.873. The van der Waals surface area contributed by atoms with Crippen LogP contribution in [-0.2, 0) is 0 Å². The van der Waals surface area contributed by atoms with Crippen LogP contribution in [0.2, 0.25) is 5.02 Å². The van der Waals surface area contributed by atoms with Gasteiger partial charge in [0.25, 0.3) is 0 Å². The molecule has 0 saturated carbocycles. The fraction of sp³-hybridized carbons (Fsp3) is 0.429. The maximum atomic E-state index is 10.0. The first-order valence-corrected chi connectivity index (χ1v) is 6.52. The Morgan fingerprint density at radius 2 is 2.06 bits per heavy atom. The van der Waals surface area contributed by atoms with E-state index in [-0.39, 0.29) is 0 Å².